The van der Waals surface area contributed by atoms with Gasteiger partial charge in [0, 0.05) is 26.2 Å². The van der Waals surface area contributed by atoms with Crippen LogP contribution in [-0.2, 0) is 26.2 Å². The van der Waals surface area contributed by atoms with Gasteiger partial charge in [-0.05, 0) is 59.1 Å². The molecular formula is C34H42B2N2O4. The van der Waals surface area contributed by atoms with Gasteiger partial charge in [-0.2, -0.15) is 0 Å². The molecule has 42 heavy (non-hydrogen) atoms. The predicted octanol–water partition coefficient (Wildman–Crippen LogP) is 3.31. The van der Waals surface area contributed by atoms with Crippen LogP contribution in [0.1, 0.15) is 47.9 Å². The van der Waals surface area contributed by atoms with Gasteiger partial charge in [-0.1, -0.05) is 122 Å². The maximum atomic E-state index is 9.86. The second-order valence-corrected chi connectivity index (χ2v) is 11.0. The van der Waals surface area contributed by atoms with Crippen LogP contribution in [0.5, 0.6) is 0 Å². The normalized spacial score (nSPS) is 11.3. The molecule has 0 saturated heterocycles. The van der Waals surface area contributed by atoms with Crippen molar-refractivity contribution in [2.24, 2.45) is 0 Å². The average Bonchev–Trinajstić information content (AvgIpc) is 3.00. The van der Waals surface area contributed by atoms with Gasteiger partial charge in [0.2, 0.25) is 0 Å². The van der Waals surface area contributed by atoms with E-state index in [2.05, 4.69) is 58.3 Å². The van der Waals surface area contributed by atoms with E-state index in [0.717, 1.165) is 63.0 Å². The SMILES string of the molecule is OB(O)c1ccccc1CN(CCCCCCN(Cc1ccccc1)Cc1ccccc1B(O)O)Cc1ccccc1. The molecule has 0 unspecified atom stereocenters. The van der Waals surface area contributed by atoms with Crippen LogP contribution < -0.4 is 10.9 Å². The van der Waals surface area contributed by atoms with Crippen molar-refractivity contribution in [3.05, 3.63) is 131 Å². The summed E-state index contributed by atoms with van der Waals surface area (Å²) >= 11 is 0. The molecule has 8 heteroatoms. The molecule has 4 aromatic carbocycles. The van der Waals surface area contributed by atoms with Gasteiger partial charge in [0.15, 0.2) is 0 Å². The minimum Gasteiger partial charge on any atom is -0.423 e. The molecule has 4 rings (SSSR count). The molecule has 0 aliphatic heterocycles. The van der Waals surface area contributed by atoms with Crippen molar-refractivity contribution >= 4 is 25.2 Å². The van der Waals surface area contributed by atoms with Crippen LogP contribution in [0, 0.1) is 0 Å². The van der Waals surface area contributed by atoms with Gasteiger partial charge in [-0.3, -0.25) is 9.80 Å². The molecule has 218 valence electrons. The zero-order valence-electron chi connectivity index (χ0n) is 24.3. The molecule has 4 N–H and O–H groups in total. The van der Waals surface area contributed by atoms with Crippen molar-refractivity contribution in [3.8, 4) is 0 Å². The van der Waals surface area contributed by atoms with Crippen LogP contribution in [-0.4, -0.2) is 57.2 Å². The molecule has 0 radical (unpaired) electrons. The molecule has 0 heterocycles. The van der Waals surface area contributed by atoms with Crippen LogP contribution >= 0.6 is 0 Å². The minimum atomic E-state index is -1.48. The quantitative estimate of drug-likeness (QED) is 0.116. The summed E-state index contributed by atoms with van der Waals surface area (Å²) < 4.78 is 0. The number of unbranched alkanes of at least 4 members (excludes halogenated alkanes) is 3. The van der Waals surface area contributed by atoms with Crippen LogP contribution in [0.2, 0.25) is 0 Å². The second-order valence-electron chi connectivity index (χ2n) is 11.0. The summed E-state index contributed by atoms with van der Waals surface area (Å²) in [5.41, 5.74) is 5.48. The number of benzene rings is 4. The molecule has 0 amide bonds. The maximum Gasteiger partial charge on any atom is 0.488 e. The standard InChI is InChI=1S/C34H42B2N2O4/c39-35(40)33-21-11-9-19-31(33)27-37(25-29-15-5-3-6-16-29)23-13-1-2-14-24-38(26-30-17-7-4-8-18-30)28-32-20-10-12-22-34(32)36(41)42/h3-12,15-22,39-42H,1-2,13-14,23-28H2. The third-order valence-electron chi connectivity index (χ3n) is 7.65. The van der Waals surface area contributed by atoms with Crippen molar-refractivity contribution < 1.29 is 20.1 Å². The van der Waals surface area contributed by atoms with Crippen LogP contribution in [0.25, 0.3) is 0 Å². The molecule has 0 aromatic heterocycles. The minimum absolute atomic E-state index is 0.560. The van der Waals surface area contributed by atoms with Gasteiger partial charge in [0.1, 0.15) is 0 Å². The summed E-state index contributed by atoms with van der Waals surface area (Å²) in [6.07, 6.45) is 4.30. The largest absolute Gasteiger partial charge is 0.488 e. The number of hydrogen-bond acceptors (Lipinski definition) is 6. The van der Waals surface area contributed by atoms with E-state index in [1.54, 1.807) is 12.1 Å². The Morgan fingerprint density at radius 2 is 0.762 bits per heavy atom. The molecule has 0 bridgehead atoms. The Bertz CT molecular complexity index is 1220. The fraction of sp³-hybridized carbons (Fsp3) is 0.294. The molecule has 0 spiro atoms. The molecule has 6 nitrogen and oxygen atoms in total. The average molecular weight is 564 g/mol. The van der Waals surface area contributed by atoms with Crippen molar-refractivity contribution in [3.63, 3.8) is 0 Å². The molecule has 0 aliphatic rings. The van der Waals surface area contributed by atoms with E-state index in [1.165, 1.54) is 11.1 Å². The van der Waals surface area contributed by atoms with E-state index in [0.29, 0.717) is 24.0 Å². The van der Waals surface area contributed by atoms with Gasteiger partial charge >= 0.3 is 14.2 Å². The van der Waals surface area contributed by atoms with Gasteiger partial charge in [0.25, 0.3) is 0 Å². The van der Waals surface area contributed by atoms with E-state index in [4.69, 9.17) is 0 Å². The van der Waals surface area contributed by atoms with E-state index in [9.17, 15) is 20.1 Å². The van der Waals surface area contributed by atoms with Gasteiger partial charge in [0.05, 0.1) is 0 Å². The van der Waals surface area contributed by atoms with Crippen molar-refractivity contribution in [2.75, 3.05) is 13.1 Å². The zero-order valence-corrected chi connectivity index (χ0v) is 24.3. The van der Waals surface area contributed by atoms with Crippen LogP contribution in [0.15, 0.2) is 109 Å². The fourth-order valence-corrected chi connectivity index (χ4v) is 5.48. The summed E-state index contributed by atoms with van der Waals surface area (Å²) in [4.78, 5) is 4.77. The topological polar surface area (TPSA) is 87.4 Å². The highest BCUT2D eigenvalue weighted by atomic mass is 16.4. The summed E-state index contributed by atoms with van der Waals surface area (Å²) in [6, 6.07) is 35.9. The summed E-state index contributed by atoms with van der Waals surface area (Å²) in [5.74, 6) is 0. The van der Waals surface area contributed by atoms with Gasteiger partial charge in [-0.25, -0.2) is 0 Å². The van der Waals surface area contributed by atoms with E-state index in [-0.39, 0.29) is 0 Å². The monoisotopic (exact) mass is 564 g/mol. The third-order valence-corrected chi connectivity index (χ3v) is 7.65. The van der Waals surface area contributed by atoms with E-state index in [1.807, 2.05) is 48.5 Å². The molecule has 0 aliphatic carbocycles. The fourth-order valence-electron chi connectivity index (χ4n) is 5.48. The highest BCUT2D eigenvalue weighted by Gasteiger charge is 2.19. The summed E-state index contributed by atoms with van der Waals surface area (Å²) in [6.45, 7) is 4.75. The zero-order chi connectivity index (χ0) is 29.6. The highest BCUT2D eigenvalue weighted by Crippen LogP contribution is 2.14. The molecular weight excluding hydrogens is 522 g/mol. The van der Waals surface area contributed by atoms with Crippen molar-refractivity contribution in [1.82, 2.24) is 9.80 Å². The molecule has 0 atom stereocenters. The third kappa shape index (κ3) is 10.2. The Labute approximate surface area is 251 Å². The summed E-state index contributed by atoms with van der Waals surface area (Å²) in [5, 5.41) is 39.4. The Morgan fingerprint density at radius 3 is 1.14 bits per heavy atom. The number of hydrogen-bond donors (Lipinski definition) is 4. The first-order valence-corrected chi connectivity index (χ1v) is 14.9. The smallest absolute Gasteiger partial charge is 0.423 e. The first kappa shape index (κ1) is 31.7. The summed E-state index contributed by atoms with van der Waals surface area (Å²) in [7, 11) is -2.96. The Kier molecular flexibility index (Phi) is 12.8. The molecule has 0 fully saturated rings. The number of nitrogens with zero attached hydrogens (tertiary/aromatic N) is 2. The lowest BCUT2D eigenvalue weighted by Crippen LogP contribution is -2.36. The maximum absolute atomic E-state index is 9.86. The number of rotatable bonds is 17. The Balaban J connectivity index is 1.32. The molecule has 0 saturated carbocycles. The Morgan fingerprint density at radius 1 is 0.405 bits per heavy atom. The lowest BCUT2D eigenvalue weighted by Gasteiger charge is -2.25. The van der Waals surface area contributed by atoms with Crippen LogP contribution in [0.3, 0.4) is 0 Å². The van der Waals surface area contributed by atoms with Gasteiger partial charge < -0.3 is 20.1 Å². The first-order valence-electron chi connectivity index (χ1n) is 14.9. The van der Waals surface area contributed by atoms with Crippen LogP contribution in [0.4, 0.5) is 0 Å². The predicted molar refractivity (Wildman–Crippen MR) is 172 cm³/mol. The van der Waals surface area contributed by atoms with E-state index < -0.39 is 14.2 Å². The van der Waals surface area contributed by atoms with Gasteiger partial charge in [-0.15, -0.1) is 0 Å². The van der Waals surface area contributed by atoms with E-state index >= 15 is 0 Å². The first-order chi connectivity index (χ1) is 20.5. The van der Waals surface area contributed by atoms with Crippen molar-refractivity contribution in [1.29, 1.82) is 0 Å². The second kappa shape index (κ2) is 17.0. The Hall–Kier alpha value is -3.23. The van der Waals surface area contributed by atoms with Crippen molar-refractivity contribution in [2.45, 2.75) is 51.9 Å². The lowest BCUT2D eigenvalue weighted by molar-refractivity contribution is 0.239. The lowest BCUT2D eigenvalue weighted by atomic mass is 9.77. The highest BCUT2D eigenvalue weighted by molar-refractivity contribution is 6.59. The molecule has 4 aromatic rings.